The van der Waals surface area contributed by atoms with Crippen molar-refractivity contribution in [1.29, 1.82) is 0 Å². The number of hydrogen-bond acceptors (Lipinski definition) is 5. The van der Waals surface area contributed by atoms with Crippen LogP contribution < -0.4 is 19.5 Å². The quantitative estimate of drug-likeness (QED) is 0.510. The lowest BCUT2D eigenvalue weighted by Gasteiger charge is -2.16. The van der Waals surface area contributed by atoms with E-state index in [0.717, 1.165) is 17.7 Å². The zero-order valence-electron chi connectivity index (χ0n) is 17.5. The van der Waals surface area contributed by atoms with Gasteiger partial charge in [-0.3, -0.25) is 4.79 Å². The van der Waals surface area contributed by atoms with Gasteiger partial charge in [-0.25, -0.2) is 12.8 Å². The lowest BCUT2D eigenvalue weighted by Crippen LogP contribution is -2.41. The molecule has 3 rings (SSSR count). The summed E-state index contributed by atoms with van der Waals surface area (Å²) in [5.41, 5.74) is 1.50. The first-order valence-corrected chi connectivity index (χ1v) is 11.2. The third-order valence-corrected chi connectivity index (χ3v) is 6.07. The molecule has 0 saturated heterocycles. The van der Waals surface area contributed by atoms with Crippen molar-refractivity contribution in [3.05, 3.63) is 84.2 Å². The summed E-state index contributed by atoms with van der Waals surface area (Å²) < 4.78 is 51.7. The van der Waals surface area contributed by atoms with Gasteiger partial charge in [-0.2, -0.15) is 4.72 Å². The van der Waals surface area contributed by atoms with E-state index in [1.807, 2.05) is 30.3 Å². The molecule has 0 radical (unpaired) electrons. The number of halogens is 1. The fourth-order valence-electron chi connectivity index (χ4n) is 2.84. The van der Waals surface area contributed by atoms with Gasteiger partial charge in [0.2, 0.25) is 15.9 Å². The van der Waals surface area contributed by atoms with Gasteiger partial charge >= 0.3 is 0 Å². The highest BCUT2D eigenvalue weighted by Gasteiger charge is 2.25. The lowest BCUT2D eigenvalue weighted by atomic mass is 10.2. The molecular formula is C23H23FN2O5S. The normalized spacial score (nSPS) is 12.1. The van der Waals surface area contributed by atoms with Crippen LogP contribution in [0.15, 0.2) is 77.7 Å². The molecule has 0 aliphatic rings. The Morgan fingerprint density at radius 2 is 1.72 bits per heavy atom. The summed E-state index contributed by atoms with van der Waals surface area (Å²) in [5, 5.41) is 2.63. The number of rotatable bonds is 9. The average molecular weight is 459 g/mol. The monoisotopic (exact) mass is 458 g/mol. The number of carbonyl (C=O) groups is 1. The third-order valence-electron chi connectivity index (χ3n) is 4.51. The van der Waals surface area contributed by atoms with Crippen LogP contribution in [0.2, 0.25) is 0 Å². The second-order valence-electron chi connectivity index (χ2n) is 6.93. The Labute approximate surface area is 186 Å². The van der Waals surface area contributed by atoms with E-state index >= 15 is 0 Å². The van der Waals surface area contributed by atoms with Crippen LogP contribution in [0.1, 0.15) is 12.5 Å². The minimum Gasteiger partial charge on any atom is -0.495 e. The fourth-order valence-corrected chi connectivity index (χ4v) is 4.22. The van der Waals surface area contributed by atoms with E-state index < -0.39 is 27.8 Å². The van der Waals surface area contributed by atoms with Crippen molar-refractivity contribution in [2.24, 2.45) is 0 Å². The molecule has 0 bridgehead atoms. The van der Waals surface area contributed by atoms with Gasteiger partial charge in [-0.1, -0.05) is 30.3 Å². The van der Waals surface area contributed by atoms with Crippen LogP contribution in [0.5, 0.6) is 11.5 Å². The zero-order chi connectivity index (χ0) is 23.1. The summed E-state index contributed by atoms with van der Waals surface area (Å²) in [7, 11) is -2.92. The van der Waals surface area contributed by atoms with E-state index in [9.17, 15) is 17.6 Å². The molecule has 9 heteroatoms. The van der Waals surface area contributed by atoms with Crippen molar-refractivity contribution in [1.82, 2.24) is 4.72 Å². The highest BCUT2D eigenvalue weighted by atomic mass is 32.2. The SMILES string of the molecule is COc1ccc(F)cc1S(=O)(=O)NC(C)C(=O)Nc1ccc(OCc2ccccc2)cc1. The Morgan fingerprint density at radius 3 is 2.38 bits per heavy atom. The molecule has 3 aromatic rings. The van der Waals surface area contributed by atoms with Crippen LogP contribution in [-0.4, -0.2) is 27.5 Å². The smallest absolute Gasteiger partial charge is 0.245 e. The molecule has 0 heterocycles. The highest BCUT2D eigenvalue weighted by Crippen LogP contribution is 2.24. The molecular weight excluding hydrogens is 435 g/mol. The number of hydrogen-bond donors (Lipinski definition) is 2. The number of carbonyl (C=O) groups excluding carboxylic acids is 1. The van der Waals surface area contributed by atoms with Crippen LogP contribution in [0.3, 0.4) is 0 Å². The summed E-state index contributed by atoms with van der Waals surface area (Å²) in [6.07, 6.45) is 0. The Morgan fingerprint density at radius 1 is 1.03 bits per heavy atom. The molecule has 32 heavy (non-hydrogen) atoms. The lowest BCUT2D eigenvalue weighted by molar-refractivity contribution is -0.117. The van der Waals surface area contributed by atoms with Gasteiger partial charge in [0.15, 0.2) is 0 Å². The Hall–Kier alpha value is -3.43. The molecule has 0 aromatic heterocycles. The first kappa shape index (κ1) is 23.2. The van der Waals surface area contributed by atoms with Crippen molar-refractivity contribution in [3.63, 3.8) is 0 Å². The minimum absolute atomic E-state index is 0.0300. The van der Waals surface area contributed by atoms with Gasteiger partial charge in [-0.15, -0.1) is 0 Å². The van der Waals surface area contributed by atoms with Crippen LogP contribution in [-0.2, 0) is 21.4 Å². The molecule has 2 N–H and O–H groups in total. The van der Waals surface area contributed by atoms with Crippen LogP contribution in [0, 0.1) is 5.82 Å². The molecule has 0 spiro atoms. The van der Waals surface area contributed by atoms with Crippen LogP contribution in [0.4, 0.5) is 10.1 Å². The van der Waals surface area contributed by atoms with E-state index in [4.69, 9.17) is 9.47 Å². The molecule has 3 aromatic carbocycles. The number of sulfonamides is 1. The number of benzene rings is 3. The average Bonchev–Trinajstić information content (AvgIpc) is 2.79. The van der Waals surface area contributed by atoms with Gasteiger partial charge in [0, 0.05) is 5.69 Å². The van der Waals surface area contributed by atoms with Crippen molar-refractivity contribution >= 4 is 21.6 Å². The highest BCUT2D eigenvalue weighted by molar-refractivity contribution is 7.89. The molecule has 1 atom stereocenters. The van der Waals surface area contributed by atoms with Crippen molar-refractivity contribution in [2.45, 2.75) is 24.5 Å². The van der Waals surface area contributed by atoms with E-state index in [0.29, 0.717) is 18.0 Å². The first-order chi connectivity index (χ1) is 15.3. The molecule has 0 aliphatic heterocycles. The van der Waals surface area contributed by atoms with E-state index in [1.54, 1.807) is 24.3 Å². The molecule has 0 fully saturated rings. The maximum Gasteiger partial charge on any atom is 0.245 e. The molecule has 168 valence electrons. The molecule has 0 aliphatic carbocycles. The van der Waals surface area contributed by atoms with Gasteiger partial charge in [0.25, 0.3) is 0 Å². The van der Waals surface area contributed by atoms with Gasteiger partial charge < -0.3 is 14.8 Å². The second kappa shape index (κ2) is 10.3. The predicted molar refractivity (Wildman–Crippen MR) is 119 cm³/mol. The minimum atomic E-state index is -4.20. The first-order valence-electron chi connectivity index (χ1n) is 9.72. The largest absolute Gasteiger partial charge is 0.495 e. The summed E-state index contributed by atoms with van der Waals surface area (Å²) >= 11 is 0. The van der Waals surface area contributed by atoms with Gasteiger partial charge in [-0.05, 0) is 55.0 Å². The summed E-state index contributed by atoms with van der Waals surface area (Å²) in [6.45, 7) is 1.80. The Balaban J connectivity index is 1.60. The van der Waals surface area contributed by atoms with E-state index in [2.05, 4.69) is 10.0 Å². The number of amides is 1. The number of ether oxygens (including phenoxy) is 2. The van der Waals surface area contributed by atoms with E-state index in [1.165, 1.54) is 20.1 Å². The second-order valence-corrected chi connectivity index (χ2v) is 8.61. The van der Waals surface area contributed by atoms with Gasteiger partial charge in [0.1, 0.15) is 28.8 Å². The number of methoxy groups -OCH3 is 1. The molecule has 7 nitrogen and oxygen atoms in total. The third kappa shape index (κ3) is 6.05. The summed E-state index contributed by atoms with van der Waals surface area (Å²) in [6, 6.07) is 18.4. The fraction of sp³-hybridized carbons (Fsp3) is 0.174. The van der Waals surface area contributed by atoms with Crippen molar-refractivity contribution < 1.29 is 27.1 Å². The standard InChI is InChI=1S/C23H23FN2O5S/c1-16(26-32(28,29)22-14-18(24)8-13-21(22)30-2)23(27)25-19-9-11-20(12-10-19)31-15-17-6-4-3-5-7-17/h3-14,16,26H,15H2,1-2H3,(H,25,27). The Bertz CT molecular complexity index is 1170. The predicted octanol–water partition coefficient (Wildman–Crippen LogP) is 3.72. The number of anilines is 1. The summed E-state index contributed by atoms with van der Waals surface area (Å²) in [4.78, 5) is 12.1. The molecule has 1 unspecified atom stereocenters. The van der Waals surface area contributed by atoms with E-state index in [-0.39, 0.29) is 10.6 Å². The Kier molecular flexibility index (Phi) is 7.45. The van der Waals surface area contributed by atoms with Crippen molar-refractivity contribution in [2.75, 3.05) is 12.4 Å². The van der Waals surface area contributed by atoms with Crippen molar-refractivity contribution in [3.8, 4) is 11.5 Å². The summed E-state index contributed by atoms with van der Waals surface area (Å²) in [5.74, 6) is -0.726. The topological polar surface area (TPSA) is 93.7 Å². The van der Waals surface area contributed by atoms with Gasteiger partial charge in [0.05, 0.1) is 13.2 Å². The maximum absolute atomic E-state index is 13.5. The van der Waals surface area contributed by atoms with Crippen LogP contribution >= 0.6 is 0 Å². The number of nitrogens with one attached hydrogen (secondary N) is 2. The maximum atomic E-state index is 13.5. The molecule has 1 amide bonds. The zero-order valence-corrected chi connectivity index (χ0v) is 18.4. The van der Waals surface area contributed by atoms with Crippen LogP contribution in [0.25, 0.3) is 0 Å². The molecule has 0 saturated carbocycles.